The molecule has 0 unspecified atom stereocenters. The van der Waals surface area contributed by atoms with Crippen molar-refractivity contribution < 1.29 is 22.7 Å². The topological polar surface area (TPSA) is 95.7 Å². The normalized spacial score (nSPS) is 11.8. The Hall–Kier alpha value is -1.60. The molecule has 0 atom stereocenters. The summed E-state index contributed by atoms with van der Waals surface area (Å²) in [5.74, 6) is -0.496. The lowest BCUT2D eigenvalue weighted by molar-refractivity contribution is 0.0377. The number of primary sulfonamides is 1. The zero-order valence-corrected chi connectivity index (χ0v) is 12.7. The predicted molar refractivity (Wildman–Crippen MR) is 74.1 cm³/mol. The van der Waals surface area contributed by atoms with Gasteiger partial charge in [-0.15, -0.1) is 0 Å². The van der Waals surface area contributed by atoms with E-state index in [1.54, 1.807) is 27.7 Å². The molecular weight excluding hydrogens is 282 g/mol. The van der Waals surface area contributed by atoms with Gasteiger partial charge in [0.1, 0.15) is 10.6 Å². The van der Waals surface area contributed by atoms with E-state index in [0.717, 1.165) is 6.07 Å². The van der Waals surface area contributed by atoms with Crippen LogP contribution < -0.4 is 9.88 Å². The molecule has 0 aromatic heterocycles. The second kappa shape index (κ2) is 6.23. The van der Waals surface area contributed by atoms with Crippen molar-refractivity contribution in [1.82, 2.24) is 0 Å². The summed E-state index contributed by atoms with van der Waals surface area (Å²) in [5, 5.41) is 5.14. The maximum absolute atomic E-state index is 11.8. The van der Waals surface area contributed by atoms with Gasteiger partial charge in [0.05, 0.1) is 17.8 Å². The van der Waals surface area contributed by atoms with Gasteiger partial charge >= 0.3 is 5.97 Å². The summed E-state index contributed by atoms with van der Waals surface area (Å²) in [6.07, 6.45) is -0.518. The van der Waals surface area contributed by atoms with E-state index in [9.17, 15) is 13.2 Å². The van der Waals surface area contributed by atoms with E-state index < -0.39 is 16.0 Å². The van der Waals surface area contributed by atoms with Crippen LogP contribution in [0.25, 0.3) is 0 Å². The summed E-state index contributed by atoms with van der Waals surface area (Å²) in [5.41, 5.74) is 0.110. The second-order valence-corrected chi connectivity index (χ2v) is 6.36. The summed E-state index contributed by atoms with van der Waals surface area (Å²) in [6, 6.07) is 4.01. The van der Waals surface area contributed by atoms with E-state index in [0.29, 0.717) is 0 Å². The van der Waals surface area contributed by atoms with Crippen LogP contribution in [0, 0.1) is 0 Å². The average molecular weight is 301 g/mol. The Bertz CT molecular complexity index is 593. The van der Waals surface area contributed by atoms with Gasteiger partial charge < -0.3 is 9.47 Å². The maximum Gasteiger partial charge on any atom is 0.338 e. The highest BCUT2D eigenvalue weighted by Gasteiger charge is 2.20. The van der Waals surface area contributed by atoms with Crippen molar-refractivity contribution in [2.45, 2.75) is 44.8 Å². The third kappa shape index (κ3) is 4.50. The third-order valence-electron chi connectivity index (χ3n) is 2.19. The molecule has 0 aliphatic heterocycles. The van der Waals surface area contributed by atoms with Gasteiger partial charge in [0.25, 0.3) is 0 Å². The SMILES string of the molecule is CC(C)OC(=O)c1ccc(OC(C)C)c(S(N)(=O)=O)c1. The van der Waals surface area contributed by atoms with Crippen LogP contribution in [0.4, 0.5) is 0 Å². The van der Waals surface area contributed by atoms with E-state index in [1.165, 1.54) is 12.1 Å². The number of carbonyl (C=O) groups excluding carboxylic acids is 1. The average Bonchev–Trinajstić information content (AvgIpc) is 2.26. The molecule has 1 aromatic carbocycles. The minimum atomic E-state index is -4.00. The fraction of sp³-hybridized carbons (Fsp3) is 0.462. The Balaban J connectivity index is 3.25. The number of nitrogens with two attached hydrogens (primary N) is 1. The maximum atomic E-state index is 11.8. The van der Waals surface area contributed by atoms with Gasteiger partial charge in [0.2, 0.25) is 10.0 Å². The van der Waals surface area contributed by atoms with Crippen LogP contribution >= 0.6 is 0 Å². The molecule has 1 aromatic rings. The lowest BCUT2D eigenvalue weighted by atomic mass is 10.2. The third-order valence-corrected chi connectivity index (χ3v) is 3.12. The standard InChI is InChI=1S/C13H19NO5S/c1-8(2)18-11-6-5-10(13(15)19-9(3)4)7-12(11)20(14,16)17/h5-9H,1-4H3,(H2,14,16,17). The van der Waals surface area contributed by atoms with E-state index in [-0.39, 0.29) is 28.4 Å². The Labute approximate surface area is 118 Å². The van der Waals surface area contributed by atoms with Gasteiger partial charge in [-0.1, -0.05) is 0 Å². The molecule has 20 heavy (non-hydrogen) atoms. The number of rotatable bonds is 5. The molecule has 2 N–H and O–H groups in total. The lowest BCUT2D eigenvalue weighted by Crippen LogP contribution is -2.18. The van der Waals surface area contributed by atoms with Crippen LogP contribution in [0.15, 0.2) is 23.1 Å². The van der Waals surface area contributed by atoms with E-state index in [1.807, 2.05) is 0 Å². The van der Waals surface area contributed by atoms with Crippen LogP contribution in [0.1, 0.15) is 38.1 Å². The number of hydrogen-bond donors (Lipinski definition) is 1. The Morgan fingerprint density at radius 2 is 1.75 bits per heavy atom. The number of sulfonamides is 1. The molecule has 0 saturated heterocycles. The number of esters is 1. The molecular formula is C13H19NO5S. The van der Waals surface area contributed by atoms with Crippen molar-refractivity contribution in [2.24, 2.45) is 5.14 Å². The largest absolute Gasteiger partial charge is 0.490 e. The molecule has 0 spiro atoms. The van der Waals surface area contributed by atoms with Crippen molar-refractivity contribution in [2.75, 3.05) is 0 Å². The van der Waals surface area contributed by atoms with Crippen LogP contribution in [-0.2, 0) is 14.8 Å². The van der Waals surface area contributed by atoms with Gasteiger partial charge in [-0.3, -0.25) is 0 Å². The van der Waals surface area contributed by atoms with Crippen molar-refractivity contribution in [3.8, 4) is 5.75 Å². The fourth-order valence-corrected chi connectivity index (χ4v) is 2.18. The zero-order chi connectivity index (χ0) is 15.5. The Morgan fingerprint density at radius 1 is 1.15 bits per heavy atom. The first kappa shape index (κ1) is 16.5. The number of benzene rings is 1. The van der Waals surface area contributed by atoms with E-state index in [4.69, 9.17) is 14.6 Å². The second-order valence-electron chi connectivity index (χ2n) is 4.83. The van der Waals surface area contributed by atoms with Gasteiger partial charge in [-0.05, 0) is 45.9 Å². The molecule has 0 heterocycles. The van der Waals surface area contributed by atoms with Crippen LogP contribution in [0.2, 0.25) is 0 Å². The number of hydrogen-bond acceptors (Lipinski definition) is 5. The molecule has 0 amide bonds. The van der Waals surface area contributed by atoms with Crippen molar-refractivity contribution in [1.29, 1.82) is 0 Å². The van der Waals surface area contributed by atoms with Crippen LogP contribution in [-0.4, -0.2) is 26.6 Å². The van der Waals surface area contributed by atoms with E-state index >= 15 is 0 Å². The molecule has 0 aliphatic carbocycles. The molecule has 0 saturated carbocycles. The first-order valence-corrected chi connectivity index (χ1v) is 7.70. The minimum absolute atomic E-state index is 0.110. The first-order valence-electron chi connectivity index (χ1n) is 6.15. The minimum Gasteiger partial charge on any atom is -0.490 e. The smallest absolute Gasteiger partial charge is 0.338 e. The highest BCUT2D eigenvalue weighted by molar-refractivity contribution is 7.89. The summed E-state index contributed by atoms with van der Waals surface area (Å²) in [6.45, 7) is 6.92. The zero-order valence-electron chi connectivity index (χ0n) is 11.9. The first-order chi connectivity index (χ1) is 9.11. The molecule has 6 nitrogen and oxygen atoms in total. The molecule has 112 valence electrons. The van der Waals surface area contributed by atoms with Gasteiger partial charge in [0.15, 0.2) is 0 Å². The van der Waals surface area contributed by atoms with Gasteiger partial charge in [-0.25, -0.2) is 18.4 Å². The molecule has 0 aliphatic rings. The van der Waals surface area contributed by atoms with Crippen LogP contribution in [0.3, 0.4) is 0 Å². The lowest BCUT2D eigenvalue weighted by Gasteiger charge is -2.14. The molecule has 0 radical (unpaired) electrons. The Kier molecular flexibility index (Phi) is 5.13. The van der Waals surface area contributed by atoms with Gasteiger partial charge in [0, 0.05) is 0 Å². The predicted octanol–water partition coefficient (Wildman–Crippen LogP) is 1.69. The van der Waals surface area contributed by atoms with Crippen molar-refractivity contribution in [3.63, 3.8) is 0 Å². The highest BCUT2D eigenvalue weighted by Crippen LogP contribution is 2.25. The monoisotopic (exact) mass is 301 g/mol. The highest BCUT2D eigenvalue weighted by atomic mass is 32.2. The van der Waals surface area contributed by atoms with Gasteiger partial charge in [-0.2, -0.15) is 0 Å². The fourth-order valence-electron chi connectivity index (χ4n) is 1.49. The Morgan fingerprint density at radius 3 is 2.20 bits per heavy atom. The quantitative estimate of drug-likeness (QED) is 0.835. The summed E-state index contributed by atoms with van der Waals surface area (Å²) in [4.78, 5) is 11.5. The summed E-state index contributed by atoms with van der Waals surface area (Å²) >= 11 is 0. The van der Waals surface area contributed by atoms with Crippen LogP contribution in [0.5, 0.6) is 5.75 Å². The summed E-state index contributed by atoms with van der Waals surface area (Å²) in [7, 11) is -4.00. The molecule has 0 fully saturated rings. The molecule has 7 heteroatoms. The number of carbonyl (C=O) groups is 1. The van der Waals surface area contributed by atoms with Crippen molar-refractivity contribution in [3.05, 3.63) is 23.8 Å². The molecule has 1 rings (SSSR count). The van der Waals surface area contributed by atoms with E-state index in [2.05, 4.69) is 0 Å². The number of ether oxygens (including phenoxy) is 2. The molecule has 0 bridgehead atoms. The summed E-state index contributed by atoms with van der Waals surface area (Å²) < 4.78 is 33.5. The van der Waals surface area contributed by atoms with Crippen molar-refractivity contribution >= 4 is 16.0 Å².